The molecule has 0 aliphatic rings. The Morgan fingerprint density at radius 3 is 2.72 bits per heavy atom. The number of nitrogens with zero attached hydrogens (tertiary/aromatic N) is 5. The van der Waals surface area contributed by atoms with Crippen molar-refractivity contribution in [2.45, 2.75) is 26.1 Å². The average molecular weight is 447 g/mol. The molecule has 5 rings (SSSR count). The molecule has 2 aromatic carbocycles. The van der Waals surface area contributed by atoms with Crippen LogP contribution in [0.4, 0.5) is 11.5 Å². The van der Waals surface area contributed by atoms with Gasteiger partial charge in [0.15, 0.2) is 0 Å². The second-order valence-corrected chi connectivity index (χ2v) is 8.60. The van der Waals surface area contributed by atoms with E-state index in [9.17, 15) is 5.11 Å². The van der Waals surface area contributed by atoms with Crippen molar-refractivity contribution in [1.29, 1.82) is 0 Å². The summed E-state index contributed by atoms with van der Waals surface area (Å²) < 4.78 is 9.03. The molecule has 3 heterocycles. The van der Waals surface area contributed by atoms with Crippen molar-refractivity contribution in [3.05, 3.63) is 54.6 Å². The number of fused-ring (bicyclic) bond motifs is 2. The van der Waals surface area contributed by atoms with Gasteiger partial charge in [0.2, 0.25) is 0 Å². The Balaban J connectivity index is 1.64. The van der Waals surface area contributed by atoms with Gasteiger partial charge in [-0.1, -0.05) is 0 Å². The van der Waals surface area contributed by atoms with Crippen LogP contribution in [0.5, 0.6) is 5.75 Å². The molecule has 0 spiro atoms. The normalized spacial score (nSPS) is 13.4. The van der Waals surface area contributed by atoms with Crippen LogP contribution in [0.3, 0.4) is 0 Å². The molecular weight excluding hydrogens is 424 g/mol. The van der Waals surface area contributed by atoms with E-state index in [0.717, 1.165) is 37.9 Å². The van der Waals surface area contributed by atoms with Crippen molar-refractivity contribution in [2.75, 3.05) is 5.32 Å². The second kappa shape index (κ2) is 8.18. The monoisotopic (exact) mass is 446 g/mol. The van der Waals surface area contributed by atoms with Crippen LogP contribution in [0.25, 0.3) is 32.2 Å². The third-order valence-electron chi connectivity index (χ3n) is 5.33. The molecule has 0 bridgehead atoms. The summed E-state index contributed by atoms with van der Waals surface area (Å²) in [4.78, 5) is 13.3. The Bertz CT molecular complexity index is 1410. The molecule has 32 heavy (non-hydrogen) atoms. The van der Waals surface area contributed by atoms with E-state index in [1.807, 2.05) is 56.0 Å². The molecule has 3 aromatic heterocycles. The molecule has 0 radical (unpaired) electrons. The van der Waals surface area contributed by atoms with Gasteiger partial charge in [0.25, 0.3) is 0 Å². The number of aromatic nitrogens is 5. The summed E-state index contributed by atoms with van der Waals surface area (Å²) in [5.41, 5.74) is 6.30. The van der Waals surface area contributed by atoms with Gasteiger partial charge in [-0.15, -0.1) is 11.3 Å². The van der Waals surface area contributed by atoms with Crippen LogP contribution in [0, 0.1) is 0 Å². The van der Waals surface area contributed by atoms with Crippen LogP contribution in [-0.2, 0) is 7.05 Å². The predicted molar refractivity (Wildman–Crippen MR) is 126 cm³/mol. The summed E-state index contributed by atoms with van der Waals surface area (Å²) >= 11 is 1.59. The van der Waals surface area contributed by atoms with Gasteiger partial charge in [0.05, 0.1) is 38.9 Å². The van der Waals surface area contributed by atoms with E-state index in [1.54, 1.807) is 29.1 Å². The third-order valence-corrected chi connectivity index (χ3v) is 6.12. The summed E-state index contributed by atoms with van der Waals surface area (Å²) in [6, 6.07) is 9.93. The number of rotatable bonds is 6. The van der Waals surface area contributed by atoms with E-state index in [1.165, 1.54) is 6.33 Å². The highest BCUT2D eigenvalue weighted by Gasteiger charge is 2.18. The molecule has 0 saturated heterocycles. The van der Waals surface area contributed by atoms with E-state index in [0.29, 0.717) is 11.6 Å². The molecule has 5 aromatic rings. The first-order valence-electron chi connectivity index (χ1n) is 10.2. The Labute approximate surface area is 188 Å². The summed E-state index contributed by atoms with van der Waals surface area (Å²) in [5, 5.41) is 18.5. The number of thiazole rings is 1. The van der Waals surface area contributed by atoms with Gasteiger partial charge in [-0.2, -0.15) is 5.10 Å². The number of nitrogens with one attached hydrogen (secondary N) is 1. The highest BCUT2D eigenvalue weighted by molar-refractivity contribution is 7.16. The predicted octanol–water partition coefficient (Wildman–Crippen LogP) is 4.53. The number of hydrogen-bond donors (Lipinski definition) is 2. The zero-order chi connectivity index (χ0) is 22.2. The molecule has 9 heteroatoms. The second-order valence-electron chi connectivity index (χ2n) is 7.72. The zero-order valence-corrected chi connectivity index (χ0v) is 18.7. The minimum Gasteiger partial charge on any atom is -0.487 e. The molecule has 0 amide bonds. The van der Waals surface area contributed by atoms with E-state index >= 15 is 0 Å². The van der Waals surface area contributed by atoms with Gasteiger partial charge in [-0.3, -0.25) is 4.68 Å². The van der Waals surface area contributed by atoms with Gasteiger partial charge in [-0.05, 0) is 49.7 Å². The number of aliphatic hydroxyl groups is 1. The minimum atomic E-state index is -0.637. The van der Waals surface area contributed by atoms with Crippen LogP contribution in [-0.4, -0.2) is 42.0 Å². The maximum atomic E-state index is 10.0. The molecule has 0 unspecified atom stereocenters. The highest BCUT2D eigenvalue weighted by Crippen LogP contribution is 2.37. The molecule has 0 saturated carbocycles. The molecule has 2 atom stereocenters. The topological polar surface area (TPSA) is 98.0 Å². The lowest BCUT2D eigenvalue weighted by atomic mass is 10.1. The molecule has 0 fully saturated rings. The largest absolute Gasteiger partial charge is 0.487 e. The lowest BCUT2D eigenvalue weighted by molar-refractivity contribution is 0.0615. The van der Waals surface area contributed by atoms with Crippen molar-refractivity contribution in [1.82, 2.24) is 24.7 Å². The first-order valence-corrected chi connectivity index (χ1v) is 11.1. The number of ether oxygens (including phenoxy) is 1. The standard InChI is InChI=1S/C23H22N6O2S/c1-13(30)14(2)31-20-7-15(16-9-27-29(3)10-16)6-19-22(20)23(25-11-24-19)28-17-4-5-18-21(8-17)32-12-26-18/h4-14,30H,1-3H3,(H,24,25,28)/t13-,14-/m1/s1. The maximum Gasteiger partial charge on any atom is 0.145 e. The number of anilines is 2. The number of aryl methyl sites for hydroxylation is 1. The quantitative estimate of drug-likeness (QED) is 0.395. The van der Waals surface area contributed by atoms with Gasteiger partial charge in [0.1, 0.15) is 24.0 Å². The summed E-state index contributed by atoms with van der Waals surface area (Å²) in [6.07, 6.45) is 4.22. The SMILES string of the molecule is C[C@@H](O)[C@@H](C)Oc1cc(-c2cnn(C)c2)cc2ncnc(Nc3ccc4ncsc4c3)c12. The molecular formula is C23H22N6O2S. The van der Waals surface area contributed by atoms with Crippen molar-refractivity contribution in [3.8, 4) is 16.9 Å². The van der Waals surface area contributed by atoms with Crippen LogP contribution >= 0.6 is 11.3 Å². The Kier molecular flexibility index (Phi) is 5.20. The van der Waals surface area contributed by atoms with Crippen molar-refractivity contribution in [2.24, 2.45) is 7.05 Å². The van der Waals surface area contributed by atoms with E-state index < -0.39 is 12.2 Å². The van der Waals surface area contributed by atoms with Crippen molar-refractivity contribution >= 4 is 44.0 Å². The minimum absolute atomic E-state index is 0.413. The average Bonchev–Trinajstić information content (AvgIpc) is 3.42. The number of aliphatic hydroxyl groups excluding tert-OH is 1. The highest BCUT2D eigenvalue weighted by atomic mass is 32.1. The first-order chi connectivity index (χ1) is 15.5. The summed E-state index contributed by atoms with van der Waals surface area (Å²) in [6.45, 7) is 3.54. The Morgan fingerprint density at radius 2 is 1.94 bits per heavy atom. The lowest BCUT2D eigenvalue weighted by Crippen LogP contribution is -2.25. The molecule has 8 nitrogen and oxygen atoms in total. The Morgan fingerprint density at radius 1 is 1.06 bits per heavy atom. The fourth-order valence-electron chi connectivity index (χ4n) is 3.45. The Hall–Kier alpha value is -3.56. The fraction of sp³-hybridized carbons (Fsp3) is 0.217. The molecule has 0 aliphatic heterocycles. The van der Waals surface area contributed by atoms with Gasteiger partial charge >= 0.3 is 0 Å². The van der Waals surface area contributed by atoms with Crippen molar-refractivity contribution < 1.29 is 9.84 Å². The smallest absolute Gasteiger partial charge is 0.145 e. The van der Waals surface area contributed by atoms with Crippen LogP contribution < -0.4 is 10.1 Å². The maximum absolute atomic E-state index is 10.0. The first kappa shape index (κ1) is 20.3. The van der Waals surface area contributed by atoms with E-state index in [2.05, 4.69) is 25.4 Å². The van der Waals surface area contributed by atoms with Crippen LogP contribution in [0.1, 0.15) is 13.8 Å². The fourth-order valence-corrected chi connectivity index (χ4v) is 4.16. The summed E-state index contributed by atoms with van der Waals surface area (Å²) in [5.74, 6) is 1.22. The zero-order valence-electron chi connectivity index (χ0n) is 17.9. The van der Waals surface area contributed by atoms with E-state index in [4.69, 9.17) is 4.74 Å². The number of hydrogen-bond acceptors (Lipinski definition) is 8. The molecule has 162 valence electrons. The van der Waals surface area contributed by atoms with Crippen LogP contribution in [0.15, 0.2) is 54.6 Å². The molecule has 0 aliphatic carbocycles. The molecule has 2 N–H and O–H groups in total. The lowest BCUT2D eigenvalue weighted by Gasteiger charge is -2.20. The van der Waals surface area contributed by atoms with Gasteiger partial charge in [-0.25, -0.2) is 15.0 Å². The van der Waals surface area contributed by atoms with Gasteiger partial charge in [0, 0.05) is 24.5 Å². The van der Waals surface area contributed by atoms with E-state index in [-0.39, 0.29) is 0 Å². The summed E-state index contributed by atoms with van der Waals surface area (Å²) in [7, 11) is 1.88. The number of benzene rings is 2. The van der Waals surface area contributed by atoms with Crippen LogP contribution in [0.2, 0.25) is 0 Å². The third kappa shape index (κ3) is 3.88. The van der Waals surface area contributed by atoms with Crippen molar-refractivity contribution in [3.63, 3.8) is 0 Å². The van der Waals surface area contributed by atoms with Gasteiger partial charge < -0.3 is 15.2 Å².